The molecule has 0 aliphatic heterocycles. The molecule has 0 amide bonds. The fraction of sp³-hybridized carbons (Fsp3) is 0.357. The van der Waals surface area contributed by atoms with Crippen LogP contribution in [-0.4, -0.2) is 16.7 Å². The summed E-state index contributed by atoms with van der Waals surface area (Å²) >= 11 is 7.87. The van der Waals surface area contributed by atoms with Gasteiger partial charge < -0.3 is 5.11 Å². The Labute approximate surface area is 116 Å². The van der Waals surface area contributed by atoms with Crippen LogP contribution in [0.5, 0.6) is 0 Å². The van der Waals surface area contributed by atoms with E-state index in [-0.39, 0.29) is 12.5 Å². The van der Waals surface area contributed by atoms with Gasteiger partial charge in [0.05, 0.1) is 17.3 Å². The Morgan fingerprint density at radius 3 is 2.61 bits per heavy atom. The quantitative estimate of drug-likeness (QED) is 0.926. The lowest BCUT2D eigenvalue weighted by molar-refractivity contribution is 0.264. The average molecular weight is 282 g/mol. The van der Waals surface area contributed by atoms with Gasteiger partial charge in [0.25, 0.3) is 0 Å². The average Bonchev–Trinajstić information content (AvgIpc) is 2.66. The fourth-order valence-corrected chi connectivity index (χ4v) is 3.22. The smallest absolute Gasteiger partial charge is 0.0937 e. The van der Waals surface area contributed by atoms with Crippen LogP contribution < -0.4 is 0 Å². The monoisotopic (exact) mass is 281 g/mol. The van der Waals surface area contributed by atoms with Crippen molar-refractivity contribution in [3.05, 3.63) is 50.4 Å². The normalized spacial score (nSPS) is 12.7. The highest BCUT2D eigenvalue weighted by Gasteiger charge is 2.16. The van der Waals surface area contributed by atoms with Crippen LogP contribution in [0.4, 0.5) is 0 Å². The maximum absolute atomic E-state index is 9.56. The molecule has 18 heavy (non-hydrogen) atoms. The van der Waals surface area contributed by atoms with Crippen LogP contribution in [0.15, 0.2) is 24.3 Å². The number of aromatic nitrogens is 1. The number of hydrogen-bond donors (Lipinski definition) is 1. The van der Waals surface area contributed by atoms with Gasteiger partial charge in [-0.05, 0) is 25.5 Å². The van der Waals surface area contributed by atoms with Gasteiger partial charge in [0.15, 0.2) is 0 Å². The molecule has 1 atom stereocenters. The Kier molecular flexibility index (Phi) is 4.38. The summed E-state index contributed by atoms with van der Waals surface area (Å²) in [5, 5.41) is 11.3. The van der Waals surface area contributed by atoms with Gasteiger partial charge in [0, 0.05) is 22.2 Å². The molecule has 0 aliphatic carbocycles. The summed E-state index contributed by atoms with van der Waals surface area (Å²) in [6.07, 6.45) is 0.736. The highest BCUT2D eigenvalue weighted by molar-refractivity contribution is 7.11. The van der Waals surface area contributed by atoms with Crippen molar-refractivity contribution >= 4 is 22.9 Å². The van der Waals surface area contributed by atoms with Crippen molar-refractivity contribution in [1.29, 1.82) is 0 Å². The molecule has 0 radical (unpaired) electrons. The van der Waals surface area contributed by atoms with Crippen molar-refractivity contribution in [2.45, 2.75) is 26.2 Å². The van der Waals surface area contributed by atoms with E-state index >= 15 is 0 Å². The second-order valence-electron chi connectivity index (χ2n) is 4.35. The van der Waals surface area contributed by atoms with Crippen molar-refractivity contribution in [2.24, 2.45) is 0 Å². The molecule has 1 heterocycles. The first-order valence-electron chi connectivity index (χ1n) is 5.90. The molecule has 0 spiro atoms. The molecule has 1 N–H and O–H groups in total. The summed E-state index contributed by atoms with van der Waals surface area (Å²) < 4.78 is 0. The summed E-state index contributed by atoms with van der Waals surface area (Å²) in [5.74, 6) is 0.0173. The molecule has 4 heteroatoms. The Hall–Kier alpha value is -0.900. The molecule has 2 nitrogen and oxygen atoms in total. The van der Waals surface area contributed by atoms with Crippen LogP contribution >= 0.6 is 22.9 Å². The highest BCUT2D eigenvalue weighted by Crippen LogP contribution is 2.29. The molecule has 2 rings (SSSR count). The zero-order chi connectivity index (χ0) is 13.1. The third kappa shape index (κ3) is 2.91. The lowest BCUT2D eigenvalue weighted by atomic mass is 9.97. The van der Waals surface area contributed by atoms with E-state index in [1.807, 2.05) is 31.2 Å². The minimum absolute atomic E-state index is 0.0173. The van der Waals surface area contributed by atoms with Gasteiger partial charge in [0.2, 0.25) is 0 Å². The minimum Gasteiger partial charge on any atom is -0.396 e. The van der Waals surface area contributed by atoms with Crippen LogP contribution in [0.25, 0.3) is 0 Å². The molecule has 0 fully saturated rings. The summed E-state index contributed by atoms with van der Waals surface area (Å²) in [4.78, 5) is 5.75. The van der Waals surface area contributed by atoms with Crippen LogP contribution in [0.2, 0.25) is 5.02 Å². The van der Waals surface area contributed by atoms with E-state index in [0.29, 0.717) is 5.02 Å². The first-order chi connectivity index (χ1) is 8.61. The van der Waals surface area contributed by atoms with Crippen molar-refractivity contribution in [1.82, 2.24) is 4.98 Å². The van der Waals surface area contributed by atoms with E-state index < -0.39 is 0 Å². The van der Waals surface area contributed by atoms with Crippen LogP contribution in [-0.2, 0) is 6.42 Å². The third-order valence-corrected chi connectivity index (χ3v) is 4.50. The Morgan fingerprint density at radius 2 is 2.06 bits per heavy atom. The summed E-state index contributed by atoms with van der Waals surface area (Å²) in [6, 6.07) is 7.68. The summed E-state index contributed by atoms with van der Waals surface area (Å²) in [5.41, 5.74) is 2.07. The van der Waals surface area contributed by atoms with Crippen molar-refractivity contribution in [2.75, 3.05) is 6.61 Å². The van der Waals surface area contributed by atoms with E-state index in [0.717, 1.165) is 22.7 Å². The number of aliphatic hydroxyl groups is 1. The molecule has 0 saturated heterocycles. The Bertz CT molecular complexity index is 519. The molecule has 0 saturated carbocycles. The lowest BCUT2D eigenvalue weighted by Gasteiger charge is -2.14. The lowest BCUT2D eigenvalue weighted by Crippen LogP contribution is -2.08. The van der Waals surface area contributed by atoms with Gasteiger partial charge in [-0.25, -0.2) is 4.98 Å². The van der Waals surface area contributed by atoms with E-state index in [1.165, 1.54) is 4.88 Å². The third-order valence-electron chi connectivity index (χ3n) is 3.06. The van der Waals surface area contributed by atoms with E-state index in [4.69, 9.17) is 11.6 Å². The second-order valence-corrected chi connectivity index (χ2v) is 6.05. The van der Waals surface area contributed by atoms with Gasteiger partial charge in [-0.2, -0.15) is 0 Å². The zero-order valence-electron chi connectivity index (χ0n) is 10.5. The molecule has 0 bridgehead atoms. The molecule has 1 aromatic heterocycles. The minimum atomic E-state index is 0.0173. The van der Waals surface area contributed by atoms with E-state index in [9.17, 15) is 5.11 Å². The SMILES string of the molecule is Cc1nc(CC(CO)c2ccccc2Cl)sc1C. The number of aliphatic hydroxyl groups excluding tert-OH is 1. The fourth-order valence-electron chi connectivity index (χ4n) is 1.92. The van der Waals surface area contributed by atoms with Crippen molar-refractivity contribution < 1.29 is 5.11 Å². The first kappa shape index (κ1) is 13.5. The topological polar surface area (TPSA) is 33.1 Å². The molecule has 2 aromatic rings. The molecular weight excluding hydrogens is 266 g/mol. The molecule has 96 valence electrons. The van der Waals surface area contributed by atoms with Crippen LogP contribution in [0.1, 0.15) is 27.1 Å². The van der Waals surface area contributed by atoms with Gasteiger partial charge in [-0.15, -0.1) is 11.3 Å². The van der Waals surface area contributed by atoms with E-state index in [2.05, 4.69) is 11.9 Å². The van der Waals surface area contributed by atoms with Gasteiger partial charge >= 0.3 is 0 Å². The van der Waals surface area contributed by atoms with Crippen molar-refractivity contribution in [3.8, 4) is 0 Å². The molecular formula is C14H16ClNOS. The zero-order valence-corrected chi connectivity index (χ0v) is 12.1. The highest BCUT2D eigenvalue weighted by atomic mass is 35.5. The molecule has 0 aliphatic rings. The van der Waals surface area contributed by atoms with Crippen LogP contribution in [0.3, 0.4) is 0 Å². The number of hydrogen-bond acceptors (Lipinski definition) is 3. The number of thiazole rings is 1. The predicted octanol–water partition coefficient (Wildman–Crippen LogP) is 3.73. The number of aryl methyl sites for hydroxylation is 2. The number of benzene rings is 1. The second kappa shape index (κ2) is 5.83. The number of rotatable bonds is 4. The van der Waals surface area contributed by atoms with Crippen molar-refractivity contribution in [3.63, 3.8) is 0 Å². The molecule has 1 unspecified atom stereocenters. The Balaban J connectivity index is 2.22. The van der Waals surface area contributed by atoms with E-state index in [1.54, 1.807) is 11.3 Å². The summed E-state index contributed by atoms with van der Waals surface area (Å²) in [6.45, 7) is 4.17. The maximum atomic E-state index is 9.56. The Morgan fingerprint density at radius 1 is 1.33 bits per heavy atom. The van der Waals surface area contributed by atoms with Gasteiger partial charge in [-0.1, -0.05) is 29.8 Å². The summed E-state index contributed by atoms with van der Waals surface area (Å²) in [7, 11) is 0. The number of nitrogens with zero attached hydrogens (tertiary/aromatic N) is 1. The maximum Gasteiger partial charge on any atom is 0.0937 e. The van der Waals surface area contributed by atoms with Gasteiger partial charge in [-0.3, -0.25) is 0 Å². The standard InChI is InChI=1S/C14H16ClNOS/c1-9-10(2)18-14(16-9)7-11(8-17)12-5-3-4-6-13(12)15/h3-6,11,17H,7-8H2,1-2H3. The first-order valence-corrected chi connectivity index (χ1v) is 7.09. The largest absolute Gasteiger partial charge is 0.396 e. The van der Waals surface area contributed by atoms with Crippen LogP contribution in [0, 0.1) is 13.8 Å². The molecule has 1 aromatic carbocycles. The van der Waals surface area contributed by atoms with Gasteiger partial charge in [0.1, 0.15) is 0 Å². The number of halogens is 1. The predicted molar refractivity (Wildman–Crippen MR) is 76.6 cm³/mol.